The Morgan fingerprint density at radius 2 is 2.40 bits per heavy atom. The largest absolute Gasteiger partial charge is 0.449 e. The van der Waals surface area contributed by atoms with Crippen molar-refractivity contribution in [3.8, 4) is 0 Å². The molecule has 0 aliphatic carbocycles. The van der Waals surface area contributed by atoms with Crippen LogP contribution in [0, 0.1) is 0 Å². The number of alkyl carbamates (subject to hydrolysis) is 1. The Hall–Kier alpha value is -1.06. The zero-order valence-electron chi connectivity index (χ0n) is 5.92. The van der Waals surface area contributed by atoms with Gasteiger partial charge in [0.15, 0.2) is 0 Å². The van der Waals surface area contributed by atoms with E-state index in [4.69, 9.17) is 0 Å². The van der Waals surface area contributed by atoms with E-state index in [-0.39, 0.29) is 0 Å². The fraction of sp³-hybridized carbons (Fsp3) is 0.667. The number of hydrogen-bond donors (Lipinski definition) is 1. The van der Waals surface area contributed by atoms with Crippen molar-refractivity contribution in [3.05, 3.63) is 0 Å². The maximum Gasteiger partial charge on any atom is 0.413 e. The van der Waals surface area contributed by atoms with E-state index in [9.17, 15) is 9.59 Å². The first-order valence-corrected chi connectivity index (χ1v) is 3.18. The van der Waals surface area contributed by atoms with Crippen molar-refractivity contribution in [1.82, 2.24) is 5.32 Å². The summed E-state index contributed by atoms with van der Waals surface area (Å²) in [5.41, 5.74) is 0. The Morgan fingerprint density at radius 1 is 1.70 bits per heavy atom. The first kappa shape index (κ1) is 8.94. The SMILES string of the molecule is CCCCOC(=O)NC=O. The molecule has 4 nitrogen and oxygen atoms in total. The molecule has 0 aromatic heterocycles. The van der Waals surface area contributed by atoms with Gasteiger partial charge in [0.05, 0.1) is 6.61 Å². The number of amides is 2. The lowest BCUT2D eigenvalue weighted by molar-refractivity contribution is -0.109. The molecule has 2 amide bonds. The van der Waals surface area contributed by atoms with E-state index >= 15 is 0 Å². The lowest BCUT2D eigenvalue weighted by Gasteiger charge is -1.99. The molecule has 0 bridgehead atoms. The van der Waals surface area contributed by atoms with Crippen LogP contribution in [0.1, 0.15) is 19.8 Å². The number of ether oxygens (including phenoxy) is 1. The third-order valence-corrected chi connectivity index (χ3v) is 0.908. The number of carbonyl (C=O) groups excluding carboxylic acids is 2. The quantitative estimate of drug-likeness (QED) is 0.467. The number of imide groups is 1. The summed E-state index contributed by atoms with van der Waals surface area (Å²) in [7, 11) is 0. The monoisotopic (exact) mass is 145 g/mol. The minimum atomic E-state index is -0.677. The minimum Gasteiger partial charge on any atom is -0.449 e. The molecule has 0 atom stereocenters. The Morgan fingerprint density at radius 3 is 2.90 bits per heavy atom. The highest BCUT2D eigenvalue weighted by Gasteiger charge is 1.96. The van der Waals surface area contributed by atoms with E-state index in [1.165, 1.54) is 0 Å². The normalized spacial score (nSPS) is 8.50. The summed E-state index contributed by atoms with van der Waals surface area (Å²) >= 11 is 0. The third-order valence-electron chi connectivity index (χ3n) is 0.908. The van der Waals surface area contributed by atoms with Crippen molar-refractivity contribution in [2.75, 3.05) is 6.61 Å². The summed E-state index contributed by atoms with van der Waals surface area (Å²) < 4.78 is 4.54. The molecule has 4 heteroatoms. The van der Waals surface area contributed by atoms with Crippen LogP contribution in [0.2, 0.25) is 0 Å². The van der Waals surface area contributed by atoms with Gasteiger partial charge in [-0.15, -0.1) is 0 Å². The standard InChI is InChI=1S/C6H11NO3/c1-2-3-4-10-6(9)7-5-8/h5H,2-4H2,1H3,(H,7,8,9). The van der Waals surface area contributed by atoms with E-state index in [0.29, 0.717) is 13.0 Å². The molecule has 0 heterocycles. The molecule has 0 unspecified atom stereocenters. The summed E-state index contributed by atoms with van der Waals surface area (Å²) in [5.74, 6) is 0. The number of hydrogen-bond acceptors (Lipinski definition) is 3. The average molecular weight is 145 g/mol. The predicted molar refractivity (Wildman–Crippen MR) is 35.5 cm³/mol. The van der Waals surface area contributed by atoms with E-state index < -0.39 is 6.09 Å². The van der Waals surface area contributed by atoms with Gasteiger partial charge < -0.3 is 4.74 Å². The average Bonchev–Trinajstić information content (AvgIpc) is 1.89. The molecule has 0 rings (SSSR count). The third kappa shape index (κ3) is 5.08. The fourth-order valence-corrected chi connectivity index (χ4v) is 0.399. The molecule has 0 saturated heterocycles. The van der Waals surface area contributed by atoms with Gasteiger partial charge >= 0.3 is 6.09 Å². The Balaban J connectivity index is 3.13. The molecular weight excluding hydrogens is 134 g/mol. The highest BCUT2D eigenvalue weighted by molar-refractivity contribution is 5.79. The molecular formula is C6H11NO3. The lowest BCUT2D eigenvalue weighted by Crippen LogP contribution is -2.22. The van der Waals surface area contributed by atoms with Gasteiger partial charge in [-0.05, 0) is 6.42 Å². The molecule has 0 aliphatic rings. The van der Waals surface area contributed by atoms with E-state index in [1.807, 2.05) is 12.2 Å². The van der Waals surface area contributed by atoms with Crippen LogP contribution in [-0.2, 0) is 9.53 Å². The van der Waals surface area contributed by atoms with Crippen LogP contribution in [0.25, 0.3) is 0 Å². The van der Waals surface area contributed by atoms with Crippen LogP contribution in [0.3, 0.4) is 0 Å². The molecule has 0 aliphatic heterocycles. The molecule has 1 N–H and O–H groups in total. The number of nitrogens with one attached hydrogen (secondary N) is 1. The maximum absolute atomic E-state index is 10.4. The van der Waals surface area contributed by atoms with E-state index in [0.717, 1.165) is 12.8 Å². The molecule has 10 heavy (non-hydrogen) atoms. The van der Waals surface area contributed by atoms with Gasteiger partial charge in [0.1, 0.15) is 0 Å². The summed E-state index contributed by atoms with van der Waals surface area (Å²) in [5, 5.41) is 1.86. The number of carbonyl (C=O) groups is 2. The minimum absolute atomic E-state index is 0.300. The van der Waals surface area contributed by atoms with Gasteiger partial charge in [0.2, 0.25) is 6.41 Å². The van der Waals surface area contributed by atoms with Gasteiger partial charge in [-0.25, -0.2) is 4.79 Å². The van der Waals surface area contributed by atoms with Crippen LogP contribution in [-0.4, -0.2) is 19.1 Å². The molecule has 0 aromatic rings. The molecule has 0 spiro atoms. The smallest absolute Gasteiger partial charge is 0.413 e. The number of rotatable bonds is 4. The van der Waals surface area contributed by atoms with Crippen LogP contribution >= 0.6 is 0 Å². The second-order valence-electron chi connectivity index (χ2n) is 1.75. The second-order valence-corrected chi connectivity index (χ2v) is 1.75. The van der Waals surface area contributed by atoms with Gasteiger partial charge in [-0.2, -0.15) is 0 Å². The van der Waals surface area contributed by atoms with Crippen LogP contribution in [0.5, 0.6) is 0 Å². The predicted octanol–water partition coefficient (Wildman–Crippen LogP) is 0.669. The fourth-order valence-electron chi connectivity index (χ4n) is 0.399. The van der Waals surface area contributed by atoms with Crippen LogP contribution in [0.15, 0.2) is 0 Å². The first-order valence-electron chi connectivity index (χ1n) is 3.18. The Labute approximate surface area is 59.6 Å². The van der Waals surface area contributed by atoms with Crippen LogP contribution < -0.4 is 5.32 Å². The van der Waals surface area contributed by atoms with Gasteiger partial charge in [0.25, 0.3) is 0 Å². The Bertz CT molecular complexity index is 114. The van der Waals surface area contributed by atoms with E-state index in [1.54, 1.807) is 0 Å². The van der Waals surface area contributed by atoms with E-state index in [2.05, 4.69) is 4.74 Å². The molecule has 0 radical (unpaired) electrons. The van der Waals surface area contributed by atoms with Gasteiger partial charge in [-0.3, -0.25) is 10.1 Å². The summed E-state index contributed by atoms with van der Waals surface area (Å²) in [6.07, 6.45) is 1.41. The highest BCUT2D eigenvalue weighted by atomic mass is 16.5. The molecule has 0 fully saturated rings. The topological polar surface area (TPSA) is 55.4 Å². The Kier molecular flexibility index (Phi) is 5.42. The summed E-state index contributed by atoms with van der Waals surface area (Å²) in [6, 6.07) is 0. The van der Waals surface area contributed by atoms with Crippen molar-refractivity contribution < 1.29 is 14.3 Å². The van der Waals surface area contributed by atoms with Gasteiger partial charge in [0, 0.05) is 0 Å². The molecule has 0 saturated carbocycles. The number of unbranched alkanes of at least 4 members (excludes halogenated alkanes) is 1. The zero-order valence-corrected chi connectivity index (χ0v) is 5.92. The van der Waals surface area contributed by atoms with Crippen molar-refractivity contribution in [3.63, 3.8) is 0 Å². The summed E-state index contributed by atoms with van der Waals surface area (Å²) in [4.78, 5) is 20.0. The van der Waals surface area contributed by atoms with Crippen molar-refractivity contribution in [1.29, 1.82) is 0 Å². The summed E-state index contributed by atoms with van der Waals surface area (Å²) in [6.45, 7) is 2.36. The van der Waals surface area contributed by atoms with Gasteiger partial charge in [-0.1, -0.05) is 13.3 Å². The molecule has 0 aromatic carbocycles. The lowest BCUT2D eigenvalue weighted by atomic mass is 10.4. The van der Waals surface area contributed by atoms with Crippen molar-refractivity contribution in [2.45, 2.75) is 19.8 Å². The first-order chi connectivity index (χ1) is 4.81. The molecule has 58 valence electrons. The van der Waals surface area contributed by atoms with Crippen LogP contribution in [0.4, 0.5) is 4.79 Å². The van der Waals surface area contributed by atoms with Crippen molar-refractivity contribution >= 4 is 12.5 Å². The second kappa shape index (κ2) is 6.07. The highest BCUT2D eigenvalue weighted by Crippen LogP contribution is 1.87. The maximum atomic E-state index is 10.4. The zero-order chi connectivity index (χ0) is 7.82. The van der Waals surface area contributed by atoms with Crippen molar-refractivity contribution in [2.24, 2.45) is 0 Å².